The molecule has 0 saturated heterocycles. The number of hydrogen-bond donors (Lipinski definition) is 1. The topological polar surface area (TPSA) is 39.0 Å². The summed E-state index contributed by atoms with van der Waals surface area (Å²) in [6.45, 7) is 5.44. The van der Waals surface area contributed by atoms with Crippen LogP contribution in [0.3, 0.4) is 0 Å². The number of hydrogen-bond acceptors (Lipinski definition) is 2. The van der Waals surface area contributed by atoms with E-state index in [1.165, 1.54) is 18.4 Å². The minimum atomic E-state index is 0.0359. The standard InChI is InChI=1S/C17H27N3O/c1-5-7-8-14(18-11-6-2)13-9-10-15-16(12-13)20(4)17(21)19(15)3/h9-10,12,14,18H,5-8,11H2,1-4H3. The molecule has 21 heavy (non-hydrogen) atoms. The van der Waals surface area contributed by atoms with Crippen LogP contribution in [0.25, 0.3) is 11.0 Å². The fourth-order valence-corrected chi connectivity index (χ4v) is 2.85. The number of imidazole rings is 1. The number of fused-ring (bicyclic) bond motifs is 1. The van der Waals surface area contributed by atoms with E-state index in [-0.39, 0.29) is 5.69 Å². The van der Waals surface area contributed by atoms with Gasteiger partial charge in [-0.15, -0.1) is 0 Å². The molecule has 0 fully saturated rings. The Kier molecular flexibility index (Phi) is 5.23. The highest BCUT2D eigenvalue weighted by Gasteiger charge is 2.13. The lowest BCUT2D eigenvalue weighted by atomic mass is 10.0. The summed E-state index contributed by atoms with van der Waals surface area (Å²) in [4.78, 5) is 12.0. The van der Waals surface area contributed by atoms with E-state index in [1.54, 1.807) is 9.13 Å². The molecule has 0 aliphatic heterocycles. The van der Waals surface area contributed by atoms with Crippen molar-refractivity contribution in [1.82, 2.24) is 14.5 Å². The maximum Gasteiger partial charge on any atom is 0.328 e. The molecule has 0 radical (unpaired) electrons. The van der Waals surface area contributed by atoms with Gasteiger partial charge in [0.15, 0.2) is 0 Å². The minimum absolute atomic E-state index is 0.0359. The van der Waals surface area contributed by atoms with Gasteiger partial charge in [-0.05, 0) is 37.1 Å². The number of unbranched alkanes of at least 4 members (excludes halogenated alkanes) is 1. The van der Waals surface area contributed by atoms with Crippen molar-refractivity contribution in [3.63, 3.8) is 0 Å². The van der Waals surface area contributed by atoms with Crippen molar-refractivity contribution in [2.75, 3.05) is 6.54 Å². The molecule has 1 heterocycles. The van der Waals surface area contributed by atoms with Crippen LogP contribution in [0.5, 0.6) is 0 Å². The predicted octanol–water partition coefficient (Wildman–Crippen LogP) is 3.11. The number of benzene rings is 1. The van der Waals surface area contributed by atoms with Gasteiger partial charge in [-0.3, -0.25) is 9.13 Å². The first-order valence-electron chi connectivity index (χ1n) is 7.98. The molecule has 4 nitrogen and oxygen atoms in total. The summed E-state index contributed by atoms with van der Waals surface area (Å²) < 4.78 is 3.44. The Morgan fingerprint density at radius 2 is 1.81 bits per heavy atom. The van der Waals surface area contributed by atoms with Crippen LogP contribution in [0.1, 0.15) is 51.1 Å². The van der Waals surface area contributed by atoms with E-state index in [9.17, 15) is 4.79 Å². The van der Waals surface area contributed by atoms with E-state index in [4.69, 9.17) is 0 Å². The highest BCUT2D eigenvalue weighted by molar-refractivity contribution is 5.77. The zero-order valence-corrected chi connectivity index (χ0v) is 13.6. The normalized spacial score (nSPS) is 13.0. The smallest absolute Gasteiger partial charge is 0.310 e. The molecular formula is C17H27N3O. The molecule has 1 N–H and O–H groups in total. The lowest BCUT2D eigenvalue weighted by Crippen LogP contribution is -2.22. The van der Waals surface area contributed by atoms with Gasteiger partial charge >= 0.3 is 5.69 Å². The highest BCUT2D eigenvalue weighted by Crippen LogP contribution is 2.23. The summed E-state index contributed by atoms with van der Waals surface area (Å²) in [6, 6.07) is 6.77. The van der Waals surface area contributed by atoms with Gasteiger partial charge in [0, 0.05) is 20.1 Å². The van der Waals surface area contributed by atoms with Crippen LogP contribution in [0, 0.1) is 0 Å². The van der Waals surface area contributed by atoms with Crippen molar-refractivity contribution in [1.29, 1.82) is 0 Å². The van der Waals surface area contributed by atoms with Crippen molar-refractivity contribution in [2.45, 2.75) is 45.6 Å². The average molecular weight is 289 g/mol. The van der Waals surface area contributed by atoms with E-state index in [2.05, 4.69) is 37.4 Å². The second kappa shape index (κ2) is 6.94. The maximum atomic E-state index is 12.0. The zero-order valence-electron chi connectivity index (χ0n) is 13.6. The summed E-state index contributed by atoms with van der Waals surface area (Å²) in [6.07, 6.45) is 4.70. The van der Waals surface area contributed by atoms with Gasteiger partial charge in [0.25, 0.3) is 0 Å². The molecule has 1 aromatic heterocycles. The van der Waals surface area contributed by atoms with E-state index < -0.39 is 0 Å². The van der Waals surface area contributed by atoms with Crippen molar-refractivity contribution >= 4 is 11.0 Å². The van der Waals surface area contributed by atoms with E-state index >= 15 is 0 Å². The monoisotopic (exact) mass is 289 g/mol. The fraction of sp³-hybridized carbons (Fsp3) is 0.588. The Balaban J connectivity index is 2.38. The molecule has 1 atom stereocenters. The van der Waals surface area contributed by atoms with E-state index in [0.717, 1.165) is 30.4 Å². The largest absolute Gasteiger partial charge is 0.328 e. The Morgan fingerprint density at radius 3 is 2.48 bits per heavy atom. The zero-order chi connectivity index (χ0) is 15.4. The third-order valence-electron chi connectivity index (χ3n) is 4.19. The molecule has 1 aromatic carbocycles. The van der Waals surface area contributed by atoms with Gasteiger partial charge in [-0.2, -0.15) is 0 Å². The first kappa shape index (κ1) is 15.8. The highest BCUT2D eigenvalue weighted by atomic mass is 16.1. The average Bonchev–Trinajstić information content (AvgIpc) is 2.72. The molecule has 1 unspecified atom stereocenters. The minimum Gasteiger partial charge on any atom is -0.310 e. The van der Waals surface area contributed by atoms with Crippen LogP contribution in [0.4, 0.5) is 0 Å². The second-order valence-corrected chi connectivity index (χ2v) is 5.80. The van der Waals surface area contributed by atoms with Gasteiger partial charge in [-0.25, -0.2) is 4.79 Å². The number of rotatable bonds is 7. The Hall–Kier alpha value is -1.55. The number of nitrogens with one attached hydrogen (secondary N) is 1. The first-order chi connectivity index (χ1) is 10.1. The molecule has 2 rings (SSSR count). The SMILES string of the molecule is CCCCC(NCCC)c1ccc2c(c1)n(C)c(=O)n2C. The lowest BCUT2D eigenvalue weighted by molar-refractivity contribution is 0.481. The van der Waals surface area contributed by atoms with Crippen LogP contribution in [0.2, 0.25) is 0 Å². The quantitative estimate of drug-likeness (QED) is 0.850. The van der Waals surface area contributed by atoms with E-state index in [0.29, 0.717) is 6.04 Å². The molecule has 0 amide bonds. The molecule has 0 aliphatic rings. The summed E-state index contributed by atoms with van der Waals surface area (Å²) in [5, 5.41) is 3.63. The third kappa shape index (κ3) is 3.21. The summed E-state index contributed by atoms with van der Waals surface area (Å²) in [5.41, 5.74) is 3.33. The summed E-state index contributed by atoms with van der Waals surface area (Å²) in [7, 11) is 3.67. The summed E-state index contributed by atoms with van der Waals surface area (Å²) in [5.74, 6) is 0. The Labute approximate surface area is 126 Å². The summed E-state index contributed by atoms with van der Waals surface area (Å²) >= 11 is 0. The van der Waals surface area contributed by atoms with Gasteiger partial charge in [0.05, 0.1) is 11.0 Å². The van der Waals surface area contributed by atoms with Crippen LogP contribution in [-0.4, -0.2) is 15.7 Å². The number of nitrogens with zero attached hydrogens (tertiary/aromatic N) is 2. The second-order valence-electron chi connectivity index (χ2n) is 5.80. The van der Waals surface area contributed by atoms with Gasteiger partial charge in [-0.1, -0.05) is 32.8 Å². The third-order valence-corrected chi connectivity index (χ3v) is 4.19. The molecule has 0 bridgehead atoms. The molecule has 4 heteroatoms. The Morgan fingerprint density at radius 1 is 1.10 bits per heavy atom. The van der Waals surface area contributed by atoms with Crippen LogP contribution in [-0.2, 0) is 14.1 Å². The van der Waals surface area contributed by atoms with Crippen molar-refractivity contribution in [3.8, 4) is 0 Å². The predicted molar refractivity (Wildman–Crippen MR) is 88.7 cm³/mol. The molecule has 0 spiro atoms. The van der Waals surface area contributed by atoms with Crippen molar-refractivity contribution < 1.29 is 0 Å². The molecule has 2 aromatic rings. The maximum absolute atomic E-state index is 12.0. The van der Waals surface area contributed by atoms with Crippen LogP contribution >= 0.6 is 0 Å². The molecule has 0 saturated carbocycles. The number of aromatic nitrogens is 2. The Bertz CT molecular complexity index is 646. The lowest BCUT2D eigenvalue weighted by Gasteiger charge is -2.19. The van der Waals surface area contributed by atoms with Crippen molar-refractivity contribution in [2.24, 2.45) is 14.1 Å². The van der Waals surface area contributed by atoms with Crippen molar-refractivity contribution in [3.05, 3.63) is 34.2 Å². The van der Waals surface area contributed by atoms with E-state index in [1.807, 2.05) is 14.1 Å². The first-order valence-corrected chi connectivity index (χ1v) is 7.98. The van der Waals surface area contributed by atoms with Crippen LogP contribution in [0.15, 0.2) is 23.0 Å². The van der Waals surface area contributed by atoms with Crippen LogP contribution < -0.4 is 11.0 Å². The molecule has 116 valence electrons. The number of aryl methyl sites for hydroxylation is 2. The van der Waals surface area contributed by atoms with Gasteiger partial charge in [0.2, 0.25) is 0 Å². The molecular weight excluding hydrogens is 262 g/mol. The fourth-order valence-electron chi connectivity index (χ4n) is 2.85. The molecule has 0 aliphatic carbocycles. The van der Waals surface area contributed by atoms with Gasteiger partial charge < -0.3 is 5.32 Å². The van der Waals surface area contributed by atoms with Gasteiger partial charge in [0.1, 0.15) is 0 Å².